The van der Waals surface area contributed by atoms with Gasteiger partial charge >= 0.3 is 0 Å². The van der Waals surface area contributed by atoms with Crippen LogP contribution in [-0.4, -0.2) is 62.7 Å². The molecule has 0 aromatic heterocycles. The molecule has 0 saturated carbocycles. The number of nitrogens with one attached hydrogen (secondary N) is 1. The Bertz CT molecular complexity index is 206. The van der Waals surface area contributed by atoms with Crippen LogP contribution in [0.15, 0.2) is 0 Å². The van der Waals surface area contributed by atoms with E-state index < -0.39 is 0 Å². The Morgan fingerprint density at radius 3 is 2.53 bits per heavy atom. The highest BCUT2D eigenvalue weighted by atomic mass is 15.2. The molecule has 0 radical (unpaired) electrons. The first kappa shape index (κ1) is 14.9. The molecule has 2 atom stereocenters. The summed E-state index contributed by atoms with van der Waals surface area (Å²) >= 11 is 0. The highest BCUT2D eigenvalue weighted by Crippen LogP contribution is 2.15. The maximum atomic E-state index is 3.55. The third-order valence-corrected chi connectivity index (χ3v) is 3.78. The van der Waals surface area contributed by atoms with Crippen molar-refractivity contribution in [3.8, 4) is 0 Å². The molecular formula is C14H31N3. The summed E-state index contributed by atoms with van der Waals surface area (Å²) in [6.45, 7) is 12.9. The van der Waals surface area contributed by atoms with Gasteiger partial charge < -0.3 is 15.1 Å². The molecule has 0 aromatic carbocycles. The normalized spacial score (nSPS) is 23.8. The maximum Gasteiger partial charge on any atom is 0.0189 e. The topological polar surface area (TPSA) is 18.5 Å². The minimum absolute atomic E-state index is 0.639. The van der Waals surface area contributed by atoms with Crippen molar-refractivity contribution in [2.45, 2.75) is 33.2 Å². The number of likely N-dealkylation sites (N-methyl/N-ethyl adjacent to an activating group) is 1. The van der Waals surface area contributed by atoms with E-state index in [1.807, 2.05) is 0 Å². The quantitative estimate of drug-likeness (QED) is 0.729. The van der Waals surface area contributed by atoms with Gasteiger partial charge in [-0.1, -0.05) is 13.8 Å². The first-order valence-electron chi connectivity index (χ1n) is 7.08. The van der Waals surface area contributed by atoms with Gasteiger partial charge in [0.15, 0.2) is 0 Å². The molecule has 0 bridgehead atoms. The Balaban J connectivity index is 2.15. The Morgan fingerprint density at radius 1 is 1.29 bits per heavy atom. The lowest BCUT2D eigenvalue weighted by Gasteiger charge is -2.28. The Morgan fingerprint density at radius 2 is 2.00 bits per heavy atom. The summed E-state index contributed by atoms with van der Waals surface area (Å²) in [6.07, 6.45) is 1.37. The molecule has 17 heavy (non-hydrogen) atoms. The number of rotatable bonds is 7. The molecule has 3 heteroatoms. The van der Waals surface area contributed by atoms with Gasteiger partial charge in [-0.3, -0.25) is 0 Å². The molecule has 1 fully saturated rings. The van der Waals surface area contributed by atoms with Crippen LogP contribution < -0.4 is 5.32 Å². The van der Waals surface area contributed by atoms with Gasteiger partial charge in [-0.2, -0.15) is 0 Å². The van der Waals surface area contributed by atoms with Gasteiger partial charge in [0.05, 0.1) is 0 Å². The Kier molecular flexibility index (Phi) is 6.45. The maximum absolute atomic E-state index is 3.55. The van der Waals surface area contributed by atoms with Crippen molar-refractivity contribution in [1.29, 1.82) is 0 Å². The van der Waals surface area contributed by atoms with Crippen molar-refractivity contribution in [1.82, 2.24) is 15.1 Å². The van der Waals surface area contributed by atoms with Crippen LogP contribution in [0.3, 0.4) is 0 Å². The standard InChI is InChI=1S/C14H31N3/c1-12(2)8-15-9-13(3)17(5)11-14-6-7-16(4)10-14/h12-15H,6-11H2,1-5H3. The van der Waals surface area contributed by atoms with E-state index in [1.165, 1.54) is 26.1 Å². The van der Waals surface area contributed by atoms with Crippen LogP contribution in [0.1, 0.15) is 27.2 Å². The van der Waals surface area contributed by atoms with E-state index in [0.717, 1.165) is 24.9 Å². The number of hydrogen-bond acceptors (Lipinski definition) is 3. The lowest BCUT2D eigenvalue weighted by atomic mass is 10.1. The Labute approximate surface area is 108 Å². The molecule has 0 amide bonds. The summed E-state index contributed by atoms with van der Waals surface area (Å²) in [4.78, 5) is 4.96. The summed E-state index contributed by atoms with van der Waals surface area (Å²) < 4.78 is 0. The van der Waals surface area contributed by atoms with E-state index in [0.29, 0.717) is 6.04 Å². The molecule has 102 valence electrons. The Hall–Kier alpha value is -0.120. The molecule has 3 nitrogen and oxygen atoms in total. The van der Waals surface area contributed by atoms with Gasteiger partial charge in [0.1, 0.15) is 0 Å². The van der Waals surface area contributed by atoms with Crippen molar-refractivity contribution in [3.05, 3.63) is 0 Å². The van der Waals surface area contributed by atoms with Gasteiger partial charge in [0.25, 0.3) is 0 Å². The molecule has 1 saturated heterocycles. The molecule has 0 aliphatic carbocycles. The van der Waals surface area contributed by atoms with Gasteiger partial charge in [-0.25, -0.2) is 0 Å². The fraction of sp³-hybridized carbons (Fsp3) is 1.00. The average molecular weight is 241 g/mol. The fourth-order valence-electron chi connectivity index (χ4n) is 2.50. The first-order valence-corrected chi connectivity index (χ1v) is 7.08. The zero-order chi connectivity index (χ0) is 12.8. The summed E-state index contributed by atoms with van der Waals surface area (Å²) in [5.74, 6) is 1.62. The van der Waals surface area contributed by atoms with Crippen molar-refractivity contribution < 1.29 is 0 Å². The molecular weight excluding hydrogens is 210 g/mol. The van der Waals surface area contributed by atoms with Crippen LogP contribution in [0.4, 0.5) is 0 Å². The predicted octanol–water partition coefficient (Wildman–Crippen LogP) is 1.50. The minimum Gasteiger partial charge on any atom is -0.315 e. The lowest BCUT2D eigenvalue weighted by molar-refractivity contribution is 0.212. The van der Waals surface area contributed by atoms with Crippen LogP contribution in [0.2, 0.25) is 0 Å². The van der Waals surface area contributed by atoms with Crippen LogP contribution in [0, 0.1) is 11.8 Å². The second-order valence-electron chi connectivity index (χ2n) is 6.26. The fourth-order valence-corrected chi connectivity index (χ4v) is 2.50. The van der Waals surface area contributed by atoms with Crippen molar-refractivity contribution in [2.24, 2.45) is 11.8 Å². The molecule has 2 unspecified atom stereocenters. The van der Waals surface area contributed by atoms with Crippen LogP contribution >= 0.6 is 0 Å². The summed E-state index contributed by atoms with van der Waals surface area (Å²) in [5, 5.41) is 3.55. The van der Waals surface area contributed by atoms with E-state index in [9.17, 15) is 0 Å². The molecule has 0 spiro atoms. The van der Waals surface area contributed by atoms with Gasteiger partial charge in [0.2, 0.25) is 0 Å². The second-order valence-corrected chi connectivity index (χ2v) is 6.26. The zero-order valence-electron chi connectivity index (χ0n) is 12.4. The van der Waals surface area contributed by atoms with Crippen molar-refractivity contribution in [2.75, 3.05) is 46.8 Å². The van der Waals surface area contributed by atoms with E-state index in [-0.39, 0.29) is 0 Å². The predicted molar refractivity (Wildman–Crippen MR) is 75.4 cm³/mol. The highest BCUT2D eigenvalue weighted by molar-refractivity contribution is 4.77. The molecule has 0 aromatic rings. The summed E-state index contributed by atoms with van der Waals surface area (Å²) in [7, 11) is 4.49. The number of likely N-dealkylation sites (tertiary alicyclic amines) is 1. The average Bonchev–Trinajstić information content (AvgIpc) is 2.63. The van der Waals surface area contributed by atoms with Crippen LogP contribution in [-0.2, 0) is 0 Å². The van der Waals surface area contributed by atoms with Gasteiger partial charge in [0, 0.05) is 25.7 Å². The smallest absolute Gasteiger partial charge is 0.0189 e. The van der Waals surface area contributed by atoms with Crippen LogP contribution in [0.5, 0.6) is 0 Å². The third-order valence-electron chi connectivity index (χ3n) is 3.78. The van der Waals surface area contributed by atoms with E-state index in [1.54, 1.807) is 0 Å². The van der Waals surface area contributed by atoms with Crippen molar-refractivity contribution in [3.63, 3.8) is 0 Å². The molecule has 1 aliphatic rings. The minimum atomic E-state index is 0.639. The van der Waals surface area contributed by atoms with Gasteiger partial charge in [-0.05, 0) is 52.4 Å². The molecule has 1 rings (SSSR count). The zero-order valence-corrected chi connectivity index (χ0v) is 12.4. The van der Waals surface area contributed by atoms with E-state index >= 15 is 0 Å². The van der Waals surface area contributed by atoms with Gasteiger partial charge in [-0.15, -0.1) is 0 Å². The van der Waals surface area contributed by atoms with E-state index in [4.69, 9.17) is 0 Å². The number of hydrogen-bond donors (Lipinski definition) is 1. The van der Waals surface area contributed by atoms with E-state index in [2.05, 4.69) is 50.0 Å². The summed E-state index contributed by atoms with van der Waals surface area (Å²) in [5.41, 5.74) is 0. The molecule has 1 heterocycles. The number of nitrogens with zero attached hydrogens (tertiary/aromatic N) is 2. The first-order chi connectivity index (χ1) is 7.99. The largest absolute Gasteiger partial charge is 0.315 e. The third kappa shape index (κ3) is 5.84. The van der Waals surface area contributed by atoms with Crippen LogP contribution in [0.25, 0.3) is 0 Å². The highest BCUT2D eigenvalue weighted by Gasteiger charge is 2.22. The van der Waals surface area contributed by atoms with Crippen molar-refractivity contribution >= 4 is 0 Å². The molecule has 1 aliphatic heterocycles. The second kappa shape index (κ2) is 7.34. The summed E-state index contributed by atoms with van der Waals surface area (Å²) in [6, 6.07) is 0.639. The molecule has 1 N–H and O–H groups in total. The SMILES string of the molecule is CC(C)CNCC(C)N(C)CC1CCN(C)C1. The monoisotopic (exact) mass is 241 g/mol. The lowest BCUT2D eigenvalue weighted by Crippen LogP contribution is -2.41.